The topological polar surface area (TPSA) is 42.0 Å². The predicted octanol–water partition coefficient (Wildman–Crippen LogP) is 5.26. The number of pyridine rings is 1. The van der Waals surface area contributed by atoms with Gasteiger partial charge < -0.3 is 5.32 Å². The van der Waals surface area contributed by atoms with Gasteiger partial charge in [0.05, 0.1) is 26.9 Å². The van der Waals surface area contributed by atoms with Gasteiger partial charge in [0.15, 0.2) is 5.78 Å². The van der Waals surface area contributed by atoms with Gasteiger partial charge in [-0.1, -0.05) is 24.3 Å². The van der Waals surface area contributed by atoms with Crippen LogP contribution in [0.3, 0.4) is 0 Å². The minimum absolute atomic E-state index is 0.0461. The highest BCUT2D eigenvalue weighted by atomic mass is 79.9. The Hall–Kier alpha value is -2.27. The maximum atomic E-state index is 13.7. The Morgan fingerprint density at radius 3 is 2.71 bits per heavy atom. The summed E-state index contributed by atoms with van der Waals surface area (Å²) >= 11 is 3.15. The summed E-state index contributed by atoms with van der Waals surface area (Å²) in [5.74, 6) is -0.355. The SMILES string of the molecule is CC(=O)c1c(C)nc2ccccc2c1NCc1ccc(Br)c(F)c1. The van der Waals surface area contributed by atoms with Crippen LogP contribution in [0.1, 0.15) is 28.5 Å². The number of para-hydroxylation sites is 1. The first-order chi connectivity index (χ1) is 11.5. The van der Waals surface area contributed by atoms with Crippen LogP contribution in [0.25, 0.3) is 10.9 Å². The number of anilines is 1. The number of aryl methyl sites for hydroxylation is 1. The van der Waals surface area contributed by atoms with Crippen LogP contribution in [0.15, 0.2) is 46.9 Å². The molecule has 3 aromatic rings. The number of ketones is 1. The van der Waals surface area contributed by atoms with Crippen molar-refractivity contribution in [3.63, 3.8) is 0 Å². The third-order valence-electron chi connectivity index (χ3n) is 3.88. The van der Waals surface area contributed by atoms with Gasteiger partial charge in [0.2, 0.25) is 0 Å². The van der Waals surface area contributed by atoms with Crippen molar-refractivity contribution in [2.24, 2.45) is 0 Å². The average molecular weight is 387 g/mol. The van der Waals surface area contributed by atoms with Gasteiger partial charge >= 0.3 is 0 Å². The molecule has 0 bridgehead atoms. The highest BCUT2D eigenvalue weighted by molar-refractivity contribution is 9.10. The number of Topliss-reactive ketones (excluding diaryl/α,β-unsaturated/α-hetero) is 1. The third kappa shape index (κ3) is 3.17. The number of benzene rings is 2. The summed E-state index contributed by atoms with van der Waals surface area (Å²) in [6.45, 7) is 3.77. The molecule has 0 saturated carbocycles. The van der Waals surface area contributed by atoms with Gasteiger partial charge in [0.1, 0.15) is 5.82 Å². The van der Waals surface area contributed by atoms with E-state index in [1.54, 1.807) is 6.07 Å². The standard InChI is InChI=1S/C19H16BrFN2O/c1-11-18(12(2)24)19(14-5-3-4-6-17(14)23-11)22-10-13-7-8-15(20)16(21)9-13/h3-9H,10H2,1-2H3,(H,22,23). The number of hydrogen-bond acceptors (Lipinski definition) is 3. The van der Waals surface area contributed by atoms with Gasteiger partial charge in [-0.15, -0.1) is 0 Å². The molecule has 0 aliphatic rings. The fourth-order valence-electron chi connectivity index (χ4n) is 2.79. The van der Waals surface area contributed by atoms with Gasteiger partial charge in [-0.25, -0.2) is 4.39 Å². The number of nitrogens with one attached hydrogen (secondary N) is 1. The summed E-state index contributed by atoms with van der Waals surface area (Å²) in [5, 5.41) is 4.18. The Morgan fingerprint density at radius 1 is 1.25 bits per heavy atom. The molecule has 122 valence electrons. The highest BCUT2D eigenvalue weighted by Gasteiger charge is 2.16. The summed E-state index contributed by atoms with van der Waals surface area (Å²) in [5.41, 5.74) is 3.62. The quantitative estimate of drug-likeness (QED) is 0.621. The molecule has 5 heteroatoms. The second-order valence-electron chi connectivity index (χ2n) is 5.62. The molecule has 1 N–H and O–H groups in total. The van der Waals surface area contributed by atoms with Crippen molar-refractivity contribution in [2.45, 2.75) is 20.4 Å². The maximum absolute atomic E-state index is 13.7. The van der Waals surface area contributed by atoms with Crippen molar-refractivity contribution < 1.29 is 9.18 Å². The van der Waals surface area contributed by atoms with E-state index in [4.69, 9.17) is 0 Å². The number of halogens is 2. The van der Waals surface area contributed by atoms with Crippen molar-refractivity contribution in [3.05, 3.63) is 69.6 Å². The van der Waals surface area contributed by atoms with Crippen molar-refractivity contribution in [1.29, 1.82) is 0 Å². The first-order valence-electron chi connectivity index (χ1n) is 7.55. The molecule has 0 unspecified atom stereocenters. The number of nitrogens with zero attached hydrogens (tertiary/aromatic N) is 1. The van der Waals surface area contributed by atoms with E-state index in [0.717, 1.165) is 22.2 Å². The Bertz CT molecular complexity index is 940. The zero-order valence-electron chi connectivity index (χ0n) is 13.4. The van der Waals surface area contributed by atoms with E-state index >= 15 is 0 Å². The normalized spacial score (nSPS) is 10.8. The van der Waals surface area contributed by atoms with Gasteiger partial charge in [0, 0.05) is 11.9 Å². The average Bonchev–Trinajstić information content (AvgIpc) is 2.54. The largest absolute Gasteiger partial charge is 0.380 e. The molecule has 0 fully saturated rings. The van der Waals surface area contributed by atoms with E-state index in [1.165, 1.54) is 13.0 Å². The maximum Gasteiger partial charge on any atom is 0.163 e. The smallest absolute Gasteiger partial charge is 0.163 e. The number of hydrogen-bond donors (Lipinski definition) is 1. The van der Waals surface area contributed by atoms with Crippen LogP contribution in [0.2, 0.25) is 0 Å². The van der Waals surface area contributed by atoms with Crippen molar-refractivity contribution in [2.75, 3.05) is 5.32 Å². The van der Waals surface area contributed by atoms with Crippen LogP contribution in [0, 0.1) is 12.7 Å². The Kier molecular flexibility index (Phi) is 4.62. The van der Waals surface area contributed by atoms with Crippen LogP contribution >= 0.6 is 15.9 Å². The molecule has 0 aliphatic carbocycles. The molecular weight excluding hydrogens is 371 g/mol. The molecule has 24 heavy (non-hydrogen) atoms. The lowest BCUT2D eigenvalue weighted by atomic mass is 10.0. The molecule has 3 rings (SSSR count). The third-order valence-corrected chi connectivity index (χ3v) is 4.52. The van der Waals surface area contributed by atoms with Crippen LogP contribution in [0.4, 0.5) is 10.1 Å². The van der Waals surface area contributed by atoms with Crippen LogP contribution in [-0.4, -0.2) is 10.8 Å². The predicted molar refractivity (Wildman–Crippen MR) is 97.9 cm³/mol. The second-order valence-corrected chi connectivity index (χ2v) is 6.48. The summed E-state index contributed by atoms with van der Waals surface area (Å²) in [6, 6.07) is 12.7. The van der Waals surface area contributed by atoms with E-state index in [2.05, 4.69) is 26.2 Å². The van der Waals surface area contributed by atoms with E-state index in [-0.39, 0.29) is 11.6 Å². The second kappa shape index (κ2) is 6.69. The van der Waals surface area contributed by atoms with Crippen LogP contribution in [0.5, 0.6) is 0 Å². The Labute approximate surface area is 148 Å². The van der Waals surface area contributed by atoms with Gasteiger partial charge in [-0.05, 0) is 53.5 Å². The minimum Gasteiger partial charge on any atom is -0.380 e. The van der Waals surface area contributed by atoms with Crippen molar-refractivity contribution in [3.8, 4) is 0 Å². The zero-order chi connectivity index (χ0) is 17.3. The first kappa shape index (κ1) is 16.6. The zero-order valence-corrected chi connectivity index (χ0v) is 14.9. The summed E-state index contributed by atoms with van der Waals surface area (Å²) in [7, 11) is 0. The fraction of sp³-hybridized carbons (Fsp3) is 0.158. The van der Waals surface area contributed by atoms with E-state index in [0.29, 0.717) is 22.3 Å². The number of fused-ring (bicyclic) bond motifs is 1. The number of carbonyl (C=O) groups excluding carboxylic acids is 1. The molecule has 0 spiro atoms. The first-order valence-corrected chi connectivity index (χ1v) is 8.34. The molecule has 1 heterocycles. The minimum atomic E-state index is -0.308. The molecule has 0 saturated heterocycles. The van der Waals surface area contributed by atoms with Gasteiger partial charge in [-0.2, -0.15) is 0 Å². The fourth-order valence-corrected chi connectivity index (χ4v) is 3.04. The molecule has 3 nitrogen and oxygen atoms in total. The van der Waals surface area contributed by atoms with Crippen LogP contribution < -0.4 is 5.32 Å². The highest BCUT2D eigenvalue weighted by Crippen LogP contribution is 2.29. The number of aromatic nitrogens is 1. The van der Waals surface area contributed by atoms with Gasteiger partial charge in [0.25, 0.3) is 0 Å². The lowest BCUT2D eigenvalue weighted by Gasteiger charge is -2.15. The summed E-state index contributed by atoms with van der Waals surface area (Å²) < 4.78 is 14.1. The molecule has 0 atom stereocenters. The van der Waals surface area contributed by atoms with E-state index in [1.807, 2.05) is 37.3 Å². The van der Waals surface area contributed by atoms with Crippen molar-refractivity contribution in [1.82, 2.24) is 4.98 Å². The molecule has 1 aromatic heterocycles. The lowest BCUT2D eigenvalue weighted by molar-refractivity contribution is 0.101. The molecule has 2 aromatic carbocycles. The van der Waals surface area contributed by atoms with Crippen LogP contribution in [-0.2, 0) is 6.54 Å². The van der Waals surface area contributed by atoms with E-state index in [9.17, 15) is 9.18 Å². The molecule has 0 aliphatic heterocycles. The lowest BCUT2D eigenvalue weighted by Crippen LogP contribution is -2.09. The Balaban J connectivity index is 2.05. The summed E-state index contributed by atoms with van der Waals surface area (Å²) in [4.78, 5) is 16.6. The molecule has 0 radical (unpaired) electrons. The summed E-state index contributed by atoms with van der Waals surface area (Å²) in [6.07, 6.45) is 0. The van der Waals surface area contributed by atoms with Gasteiger partial charge in [-0.3, -0.25) is 9.78 Å². The monoisotopic (exact) mass is 386 g/mol. The van der Waals surface area contributed by atoms with Crippen molar-refractivity contribution >= 4 is 38.3 Å². The van der Waals surface area contributed by atoms with E-state index < -0.39 is 0 Å². The Morgan fingerprint density at radius 2 is 2.00 bits per heavy atom. The number of carbonyl (C=O) groups is 1. The molecular formula is C19H16BrFN2O. The molecule has 0 amide bonds. The number of rotatable bonds is 4.